The second-order valence-corrected chi connectivity index (χ2v) is 5.65. The van der Waals surface area contributed by atoms with Gasteiger partial charge in [0.2, 0.25) is 0 Å². The number of nitrogens with one attached hydrogen (secondary N) is 1. The quantitative estimate of drug-likeness (QED) is 0.819. The molecule has 4 nitrogen and oxygen atoms in total. The van der Waals surface area contributed by atoms with Gasteiger partial charge in [0.05, 0.1) is 6.04 Å². The lowest BCUT2D eigenvalue weighted by molar-refractivity contribution is -0.123. The number of hydrogen-bond donors (Lipinski definition) is 1. The topological polar surface area (TPSA) is 55.4 Å². The van der Waals surface area contributed by atoms with E-state index in [4.69, 9.17) is 16.3 Å². The Kier molecular flexibility index (Phi) is 5.77. The number of ketones is 1. The number of carbonyl (C=O) groups is 2. The first kappa shape index (κ1) is 17.0. The second-order valence-electron chi connectivity index (χ2n) is 5.21. The van der Waals surface area contributed by atoms with Crippen LogP contribution in [0.4, 0.5) is 0 Å². The van der Waals surface area contributed by atoms with Gasteiger partial charge in [-0.3, -0.25) is 9.59 Å². The van der Waals surface area contributed by atoms with Crippen LogP contribution in [0.3, 0.4) is 0 Å². The van der Waals surface area contributed by atoms with Crippen molar-refractivity contribution in [2.75, 3.05) is 6.61 Å². The zero-order valence-electron chi connectivity index (χ0n) is 13.0. The number of carbonyl (C=O) groups excluding carboxylic acids is 2. The van der Waals surface area contributed by atoms with Gasteiger partial charge >= 0.3 is 0 Å². The summed E-state index contributed by atoms with van der Waals surface area (Å²) in [7, 11) is 0. The van der Waals surface area contributed by atoms with Gasteiger partial charge in [0, 0.05) is 10.6 Å². The van der Waals surface area contributed by atoms with Gasteiger partial charge in [0.15, 0.2) is 12.4 Å². The van der Waals surface area contributed by atoms with Crippen LogP contribution in [0.15, 0.2) is 48.5 Å². The van der Waals surface area contributed by atoms with Crippen LogP contribution >= 0.6 is 11.6 Å². The molecule has 1 atom stereocenters. The van der Waals surface area contributed by atoms with Gasteiger partial charge in [0.1, 0.15) is 5.75 Å². The molecule has 1 amide bonds. The Morgan fingerprint density at radius 3 is 2.52 bits per heavy atom. The van der Waals surface area contributed by atoms with Gasteiger partial charge in [-0.15, -0.1) is 0 Å². The molecule has 2 aromatic rings. The zero-order chi connectivity index (χ0) is 16.8. The van der Waals surface area contributed by atoms with Gasteiger partial charge in [0.25, 0.3) is 5.91 Å². The van der Waals surface area contributed by atoms with Crippen molar-refractivity contribution >= 4 is 23.3 Å². The molecule has 23 heavy (non-hydrogen) atoms. The molecule has 0 aliphatic rings. The minimum Gasteiger partial charge on any atom is -0.484 e. The van der Waals surface area contributed by atoms with E-state index in [-0.39, 0.29) is 24.3 Å². The highest BCUT2D eigenvalue weighted by molar-refractivity contribution is 6.30. The zero-order valence-corrected chi connectivity index (χ0v) is 13.8. The van der Waals surface area contributed by atoms with Crippen LogP contribution in [0, 0.1) is 0 Å². The number of Topliss-reactive ketones (excluding diaryl/α,β-unsaturated/α-hetero) is 1. The predicted octanol–water partition coefficient (Wildman–Crippen LogP) is 3.80. The summed E-state index contributed by atoms with van der Waals surface area (Å²) in [4.78, 5) is 23.3. The van der Waals surface area contributed by atoms with Crippen LogP contribution in [0.2, 0.25) is 5.02 Å². The molecule has 0 fully saturated rings. The molecule has 2 rings (SSSR count). The maximum atomic E-state index is 12.0. The molecule has 120 valence electrons. The molecule has 0 bridgehead atoms. The summed E-state index contributed by atoms with van der Waals surface area (Å²) in [5, 5.41) is 3.50. The summed E-state index contributed by atoms with van der Waals surface area (Å²) in [6, 6.07) is 13.9. The fraction of sp³-hybridized carbons (Fsp3) is 0.222. The Labute approximate surface area is 140 Å². The van der Waals surface area contributed by atoms with Gasteiger partial charge < -0.3 is 10.1 Å². The van der Waals surface area contributed by atoms with Gasteiger partial charge in [-0.05, 0) is 43.7 Å². The lowest BCUT2D eigenvalue weighted by atomic mass is 10.1. The fourth-order valence-corrected chi connectivity index (χ4v) is 2.20. The summed E-state index contributed by atoms with van der Waals surface area (Å²) in [6.07, 6.45) is 0. The molecule has 0 aromatic heterocycles. The van der Waals surface area contributed by atoms with E-state index in [1.54, 1.807) is 36.4 Å². The molecule has 0 saturated heterocycles. The van der Waals surface area contributed by atoms with Crippen molar-refractivity contribution in [1.29, 1.82) is 0 Å². The lowest BCUT2D eigenvalue weighted by Crippen LogP contribution is -2.31. The number of amides is 1. The van der Waals surface area contributed by atoms with Crippen LogP contribution < -0.4 is 10.1 Å². The maximum Gasteiger partial charge on any atom is 0.258 e. The average Bonchev–Trinajstić information content (AvgIpc) is 2.53. The molecule has 0 unspecified atom stereocenters. The maximum absolute atomic E-state index is 12.0. The van der Waals surface area contributed by atoms with Crippen molar-refractivity contribution in [1.82, 2.24) is 5.32 Å². The highest BCUT2D eigenvalue weighted by Gasteiger charge is 2.10. The molecule has 2 aromatic carbocycles. The highest BCUT2D eigenvalue weighted by atomic mass is 35.5. The van der Waals surface area contributed by atoms with Crippen molar-refractivity contribution in [2.24, 2.45) is 0 Å². The monoisotopic (exact) mass is 331 g/mol. The van der Waals surface area contributed by atoms with Gasteiger partial charge in [-0.1, -0.05) is 35.9 Å². The molecule has 0 radical (unpaired) electrons. The molecule has 0 heterocycles. The Morgan fingerprint density at radius 1 is 1.17 bits per heavy atom. The third kappa shape index (κ3) is 5.11. The number of halogens is 1. The number of ether oxygens (including phenoxy) is 1. The Balaban J connectivity index is 1.88. The van der Waals surface area contributed by atoms with Crippen molar-refractivity contribution in [3.8, 4) is 5.75 Å². The standard InChI is InChI=1S/C18H18ClNO3/c1-12(14-6-8-16(19)9-7-14)20-18(22)11-23-17-5-3-4-15(10-17)13(2)21/h3-10,12H,11H2,1-2H3,(H,20,22)/t12-/m0/s1. The van der Waals surface area contributed by atoms with E-state index in [1.165, 1.54) is 6.92 Å². The highest BCUT2D eigenvalue weighted by Crippen LogP contribution is 2.16. The van der Waals surface area contributed by atoms with Crippen molar-refractivity contribution in [2.45, 2.75) is 19.9 Å². The molecular formula is C18H18ClNO3. The van der Waals surface area contributed by atoms with E-state index in [2.05, 4.69) is 5.32 Å². The molecule has 5 heteroatoms. The van der Waals surface area contributed by atoms with E-state index in [9.17, 15) is 9.59 Å². The van der Waals surface area contributed by atoms with E-state index in [1.807, 2.05) is 19.1 Å². The van der Waals surface area contributed by atoms with Crippen LogP contribution in [-0.4, -0.2) is 18.3 Å². The SMILES string of the molecule is CC(=O)c1cccc(OCC(=O)N[C@@H](C)c2ccc(Cl)cc2)c1. The fourth-order valence-electron chi connectivity index (χ4n) is 2.07. The number of rotatable bonds is 6. The Morgan fingerprint density at radius 2 is 1.87 bits per heavy atom. The third-order valence-corrected chi connectivity index (χ3v) is 3.61. The summed E-state index contributed by atoms with van der Waals surface area (Å²) < 4.78 is 5.43. The van der Waals surface area contributed by atoms with Crippen LogP contribution in [0.25, 0.3) is 0 Å². The van der Waals surface area contributed by atoms with E-state index in [0.29, 0.717) is 16.3 Å². The summed E-state index contributed by atoms with van der Waals surface area (Å²) in [5.41, 5.74) is 1.51. The molecule has 0 saturated carbocycles. The first-order valence-corrected chi connectivity index (χ1v) is 7.62. The Hall–Kier alpha value is -2.33. The van der Waals surface area contributed by atoms with E-state index in [0.717, 1.165) is 5.56 Å². The van der Waals surface area contributed by atoms with Gasteiger partial charge in [-0.25, -0.2) is 0 Å². The molecule has 0 aliphatic carbocycles. The minimum atomic E-state index is -0.235. The number of benzene rings is 2. The largest absolute Gasteiger partial charge is 0.484 e. The first-order chi connectivity index (χ1) is 11.0. The van der Waals surface area contributed by atoms with Crippen LogP contribution in [-0.2, 0) is 4.79 Å². The summed E-state index contributed by atoms with van der Waals surface area (Å²) in [5.74, 6) is 0.212. The smallest absolute Gasteiger partial charge is 0.258 e. The van der Waals surface area contributed by atoms with Crippen LogP contribution in [0.1, 0.15) is 35.8 Å². The van der Waals surface area contributed by atoms with Crippen molar-refractivity contribution in [3.05, 3.63) is 64.7 Å². The number of hydrogen-bond acceptors (Lipinski definition) is 3. The molecule has 0 aliphatic heterocycles. The normalized spacial score (nSPS) is 11.6. The molecular weight excluding hydrogens is 314 g/mol. The molecule has 0 spiro atoms. The third-order valence-electron chi connectivity index (χ3n) is 3.36. The van der Waals surface area contributed by atoms with E-state index < -0.39 is 0 Å². The Bertz CT molecular complexity index is 698. The van der Waals surface area contributed by atoms with Crippen molar-refractivity contribution < 1.29 is 14.3 Å². The van der Waals surface area contributed by atoms with Crippen LogP contribution in [0.5, 0.6) is 5.75 Å². The second kappa shape index (κ2) is 7.79. The minimum absolute atomic E-state index is 0.0451. The van der Waals surface area contributed by atoms with Gasteiger partial charge in [-0.2, -0.15) is 0 Å². The average molecular weight is 332 g/mol. The van der Waals surface area contributed by atoms with E-state index >= 15 is 0 Å². The summed E-state index contributed by atoms with van der Waals surface area (Å²) in [6.45, 7) is 3.26. The van der Waals surface area contributed by atoms with Crippen molar-refractivity contribution in [3.63, 3.8) is 0 Å². The molecule has 1 N–H and O–H groups in total. The first-order valence-electron chi connectivity index (χ1n) is 7.24. The lowest BCUT2D eigenvalue weighted by Gasteiger charge is -2.15. The summed E-state index contributed by atoms with van der Waals surface area (Å²) >= 11 is 5.84. The predicted molar refractivity (Wildman–Crippen MR) is 90.0 cm³/mol.